The average Bonchev–Trinajstić information content (AvgIpc) is 2.56. The Morgan fingerprint density at radius 1 is 1.04 bits per heavy atom. The van der Waals surface area contributed by atoms with E-state index in [0.717, 1.165) is 16.8 Å². The third-order valence-corrected chi connectivity index (χ3v) is 4.12. The Labute approximate surface area is 147 Å². The van der Waals surface area contributed by atoms with Crippen molar-refractivity contribution in [2.45, 2.75) is 27.2 Å². The highest BCUT2D eigenvalue weighted by molar-refractivity contribution is 5.91. The summed E-state index contributed by atoms with van der Waals surface area (Å²) in [6, 6.07) is 11.7. The molecule has 5 heteroatoms. The molecule has 2 aromatic rings. The van der Waals surface area contributed by atoms with Crippen LogP contribution < -0.4 is 10.2 Å². The van der Waals surface area contributed by atoms with E-state index in [1.165, 1.54) is 24.6 Å². The lowest BCUT2D eigenvalue weighted by Crippen LogP contribution is -2.38. The monoisotopic (exact) mass is 342 g/mol. The van der Waals surface area contributed by atoms with Gasteiger partial charge < -0.3 is 10.2 Å². The standard InChI is InChI=1S/C20H23FN2O2/c1-14-4-9-19(12-15(14)2)23(16(3)24)11-10-22-20(25)13-17-5-7-18(21)8-6-17/h4-9,12H,10-11,13H2,1-3H3,(H,22,25). The van der Waals surface area contributed by atoms with Crippen molar-refractivity contribution < 1.29 is 14.0 Å². The lowest BCUT2D eigenvalue weighted by Gasteiger charge is -2.22. The van der Waals surface area contributed by atoms with Crippen LogP contribution in [0.4, 0.5) is 10.1 Å². The molecule has 0 saturated heterocycles. The second-order valence-corrected chi connectivity index (χ2v) is 6.09. The van der Waals surface area contributed by atoms with E-state index in [4.69, 9.17) is 0 Å². The van der Waals surface area contributed by atoms with E-state index < -0.39 is 0 Å². The number of halogens is 1. The number of nitrogens with one attached hydrogen (secondary N) is 1. The number of carbonyl (C=O) groups is 2. The van der Waals surface area contributed by atoms with E-state index in [2.05, 4.69) is 5.32 Å². The van der Waals surface area contributed by atoms with Crippen molar-refractivity contribution in [3.63, 3.8) is 0 Å². The third kappa shape index (κ3) is 5.41. The van der Waals surface area contributed by atoms with E-state index in [0.29, 0.717) is 13.1 Å². The van der Waals surface area contributed by atoms with Crippen LogP contribution in [0.15, 0.2) is 42.5 Å². The van der Waals surface area contributed by atoms with Gasteiger partial charge in [-0.25, -0.2) is 4.39 Å². The van der Waals surface area contributed by atoms with Crippen molar-refractivity contribution in [3.05, 3.63) is 65.0 Å². The smallest absolute Gasteiger partial charge is 0.224 e. The molecule has 0 aliphatic heterocycles. The molecule has 25 heavy (non-hydrogen) atoms. The minimum Gasteiger partial charge on any atom is -0.354 e. The number of benzene rings is 2. The molecular weight excluding hydrogens is 319 g/mol. The zero-order chi connectivity index (χ0) is 18.4. The van der Waals surface area contributed by atoms with Crippen molar-refractivity contribution in [2.75, 3.05) is 18.0 Å². The number of carbonyl (C=O) groups excluding carboxylic acids is 2. The predicted octanol–water partition coefficient (Wildman–Crippen LogP) is 3.15. The number of anilines is 1. The van der Waals surface area contributed by atoms with Gasteiger partial charge in [0.05, 0.1) is 6.42 Å². The van der Waals surface area contributed by atoms with E-state index in [-0.39, 0.29) is 24.1 Å². The second-order valence-electron chi connectivity index (χ2n) is 6.09. The molecule has 0 aliphatic rings. The van der Waals surface area contributed by atoms with Crippen molar-refractivity contribution in [3.8, 4) is 0 Å². The third-order valence-electron chi connectivity index (χ3n) is 4.12. The molecule has 2 aromatic carbocycles. The summed E-state index contributed by atoms with van der Waals surface area (Å²) in [5, 5.41) is 2.80. The fraction of sp³-hybridized carbons (Fsp3) is 0.300. The zero-order valence-electron chi connectivity index (χ0n) is 14.8. The number of hydrogen-bond acceptors (Lipinski definition) is 2. The molecule has 0 atom stereocenters. The average molecular weight is 342 g/mol. The lowest BCUT2D eigenvalue weighted by molar-refractivity contribution is -0.121. The number of amides is 2. The molecule has 0 unspecified atom stereocenters. The molecule has 132 valence electrons. The Morgan fingerprint density at radius 2 is 1.72 bits per heavy atom. The number of hydrogen-bond donors (Lipinski definition) is 1. The van der Waals surface area contributed by atoms with E-state index in [9.17, 15) is 14.0 Å². The molecule has 0 bridgehead atoms. The second kappa shape index (κ2) is 8.42. The van der Waals surface area contributed by atoms with Crippen LogP contribution in [0.5, 0.6) is 0 Å². The number of rotatable bonds is 6. The van der Waals surface area contributed by atoms with E-state index in [1.54, 1.807) is 17.0 Å². The topological polar surface area (TPSA) is 49.4 Å². The summed E-state index contributed by atoms with van der Waals surface area (Å²) < 4.78 is 12.9. The van der Waals surface area contributed by atoms with E-state index in [1.807, 2.05) is 32.0 Å². The van der Waals surface area contributed by atoms with Gasteiger partial charge in [-0.05, 0) is 54.8 Å². The van der Waals surface area contributed by atoms with Gasteiger partial charge in [0.2, 0.25) is 11.8 Å². The molecule has 0 fully saturated rings. The van der Waals surface area contributed by atoms with Crippen LogP contribution in [-0.4, -0.2) is 24.9 Å². The van der Waals surface area contributed by atoms with Crippen LogP contribution in [0, 0.1) is 19.7 Å². The van der Waals surface area contributed by atoms with Crippen molar-refractivity contribution in [2.24, 2.45) is 0 Å². The molecule has 0 aromatic heterocycles. The molecule has 0 saturated carbocycles. The molecule has 0 heterocycles. The summed E-state index contributed by atoms with van der Waals surface area (Å²) in [6.07, 6.45) is 0.185. The Balaban J connectivity index is 1.90. The van der Waals surface area contributed by atoms with Gasteiger partial charge in [-0.1, -0.05) is 18.2 Å². The molecule has 0 aliphatic carbocycles. The van der Waals surface area contributed by atoms with Gasteiger partial charge in [-0.2, -0.15) is 0 Å². The molecule has 4 nitrogen and oxygen atoms in total. The lowest BCUT2D eigenvalue weighted by atomic mass is 10.1. The van der Waals surface area contributed by atoms with Crippen LogP contribution in [0.2, 0.25) is 0 Å². The SMILES string of the molecule is CC(=O)N(CCNC(=O)Cc1ccc(F)cc1)c1ccc(C)c(C)c1. The largest absolute Gasteiger partial charge is 0.354 e. The van der Waals surface area contributed by atoms with Crippen LogP contribution in [0.25, 0.3) is 0 Å². The van der Waals surface area contributed by atoms with Gasteiger partial charge >= 0.3 is 0 Å². The first-order valence-electron chi connectivity index (χ1n) is 8.23. The van der Waals surface area contributed by atoms with Crippen LogP contribution >= 0.6 is 0 Å². The minimum atomic E-state index is -0.324. The summed E-state index contributed by atoms with van der Waals surface area (Å²) in [5.74, 6) is -0.555. The Morgan fingerprint density at radius 3 is 2.32 bits per heavy atom. The van der Waals surface area contributed by atoms with Gasteiger partial charge in [0.25, 0.3) is 0 Å². The van der Waals surface area contributed by atoms with Crippen LogP contribution in [0.3, 0.4) is 0 Å². The van der Waals surface area contributed by atoms with Gasteiger partial charge in [0.15, 0.2) is 0 Å². The first kappa shape index (κ1) is 18.6. The molecular formula is C20H23FN2O2. The summed E-state index contributed by atoms with van der Waals surface area (Å²) >= 11 is 0. The van der Waals surface area contributed by atoms with E-state index >= 15 is 0 Å². The quantitative estimate of drug-likeness (QED) is 0.877. The maximum atomic E-state index is 12.9. The summed E-state index contributed by atoms with van der Waals surface area (Å²) in [5.41, 5.74) is 3.85. The maximum absolute atomic E-state index is 12.9. The summed E-state index contributed by atoms with van der Waals surface area (Å²) in [7, 11) is 0. The number of nitrogens with zero attached hydrogens (tertiary/aromatic N) is 1. The normalized spacial score (nSPS) is 10.4. The Hall–Kier alpha value is -2.69. The molecule has 0 spiro atoms. The van der Waals surface area contributed by atoms with Crippen molar-refractivity contribution in [1.29, 1.82) is 0 Å². The van der Waals surface area contributed by atoms with Crippen molar-refractivity contribution >= 4 is 17.5 Å². The van der Waals surface area contributed by atoms with Gasteiger partial charge in [-0.15, -0.1) is 0 Å². The Kier molecular flexibility index (Phi) is 6.28. The van der Waals surface area contributed by atoms with Gasteiger partial charge in [0, 0.05) is 25.7 Å². The highest BCUT2D eigenvalue weighted by Crippen LogP contribution is 2.18. The zero-order valence-corrected chi connectivity index (χ0v) is 14.8. The summed E-state index contributed by atoms with van der Waals surface area (Å²) in [6.45, 7) is 6.28. The highest BCUT2D eigenvalue weighted by atomic mass is 19.1. The molecule has 0 radical (unpaired) electrons. The van der Waals surface area contributed by atoms with Gasteiger partial charge in [0.1, 0.15) is 5.82 Å². The fourth-order valence-electron chi connectivity index (χ4n) is 2.52. The summed E-state index contributed by atoms with van der Waals surface area (Å²) in [4.78, 5) is 25.5. The van der Waals surface area contributed by atoms with Crippen LogP contribution in [0.1, 0.15) is 23.6 Å². The number of aryl methyl sites for hydroxylation is 2. The predicted molar refractivity (Wildman–Crippen MR) is 97.1 cm³/mol. The highest BCUT2D eigenvalue weighted by Gasteiger charge is 2.12. The molecule has 1 N–H and O–H groups in total. The van der Waals surface area contributed by atoms with Crippen molar-refractivity contribution in [1.82, 2.24) is 5.32 Å². The first-order valence-corrected chi connectivity index (χ1v) is 8.23. The minimum absolute atomic E-state index is 0.0731. The first-order chi connectivity index (χ1) is 11.9. The fourth-order valence-corrected chi connectivity index (χ4v) is 2.52. The molecule has 2 amide bonds. The van der Waals surface area contributed by atoms with Crippen LogP contribution in [-0.2, 0) is 16.0 Å². The Bertz CT molecular complexity index is 757. The maximum Gasteiger partial charge on any atom is 0.224 e. The van der Waals surface area contributed by atoms with Gasteiger partial charge in [-0.3, -0.25) is 9.59 Å². The molecule has 2 rings (SSSR count).